The fourth-order valence-electron chi connectivity index (χ4n) is 10.0. The lowest BCUT2D eigenvalue weighted by Crippen LogP contribution is -2.39. The zero-order valence-electron chi connectivity index (χ0n) is 44.2. The van der Waals surface area contributed by atoms with Crippen molar-refractivity contribution in [3.05, 3.63) is 166 Å². The van der Waals surface area contributed by atoms with E-state index < -0.39 is 96.1 Å². The van der Waals surface area contributed by atoms with Gasteiger partial charge >= 0.3 is 17.9 Å². The van der Waals surface area contributed by atoms with E-state index in [0.717, 1.165) is 12.8 Å². The Morgan fingerprint density at radius 1 is 0.687 bits per heavy atom. The summed E-state index contributed by atoms with van der Waals surface area (Å²) in [6, 6.07) is 32.4. The molecule has 3 aliphatic rings. The third-order valence-electron chi connectivity index (χ3n) is 14.1. The van der Waals surface area contributed by atoms with Gasteiger partial charge in [0.2, 0.25) is 11.6 Å². The number of ether oxygens (including phenoxy) is 6. The molecular weight excluding hydrogens is 1080 g/mol. The van der Waals surface area contributed by atoms with Gasteiger partial charge in [-0.25, -0.2) is 24.5 Å². The lowest BCUT2D eigenvalue weighted by molar-refractivity contribution is -0.394. The Morgan fingerprint density at radius 2 is 1.19 bits per heavy atom. The molecule has 2 amide bonds. The molecule has 5 N–H and O–H groups in total. The van der Waals surface area contributed by atoms with Gasteiger partial charge in [-0.1, -0.05) is 99.5 Å². The van der Waals surface area contributed by atoms with E-state index in [1.807, 2.05) is 0 Å². The summed E-state index contributed by atoms with van der Waals surface area (Å²) in [5, 5.41) is 35.4. The van der Waals surface area contributed by atoms with Gasteiger partial charge in [0, 0.05) is 31.4 Å². The lowest BCUT2D eigenvalue weighted by Gasteiger charge is -2.23. The van der Waals surface area contributed by atoms with Gasteiger partial charge in [-0.3, -0.25) is 18.7 Å². The Bertz CT molecular complexity index is 3500. The highest BCUT2D eigenvalue weighted by Gasteiger charge is 2.51. The maximum absolute atomic E-state index is 14.1. The number of methoxy groups -OCH3 is 2. The Labute approximate surface area is 474 Å². The summed E-state index contributed by atoms with van der Waals surface area (Å²) >= 11 is 0. The van der Waals surface area contributed by atoms with Crippen LogP contribution in [0.15, 0.2) is 134 Å². The molecule has 1 saturated carbocycles. The van der Waals surface area contributed by atoms with Gasteiger partial charge in [0.05, 0.1) is 24.1 Å². The summed E-state index contributed by atoms with van der Waals surface area (Å²) in [6.07, 6.45) is 0.842. The van der Waals surface area contributed by atoms with Crippen LogP contribution < -0.4 is 16.0 Å². The Balaban J connectivity index is 0.000000247. The van der Waals surface area contributed by atoms with E-state index in [1.54, 1.807) is 108 Å². The highest BCUT2D eigenvalue weighted by molar-refractivity contribution is 6.27. The van der Waals surface area contributed by atoms with Crippen molar-refractivity contribution in [3.63, 3.8) is 0 Å². The number of imide groups is 1. The molecule has 2 saturated heterocycles. The number of hydrogen-bond acceptors (Lipinski definition) is 22. The minimum Gasteiger partial charge on any atom is -0.459 e. The van der Waals surface area contributed by atoms with Crippen LogP contribution in [0, 0.1) is 10.1 Å². The van der Waals surface area contributed by atoms with E-state index in [0.29, 0.717) is 28.1 Å². The van der Waals surface area contributed by atoms with Crippen molar-refractivity contribution in [1.82, 2.24) is 39.0 Å². The van der Waals surface area contributed by atoms with Gasteiger partial charge in [0.15, 0.2) is 35.5 Å². The molecular formula is C57H60N12O14. The van der Waals surface area contributed by atoms with Gasteiger partial charge in [0.1, 0.15) is 49.0 Å². The first-order valence-electron chi connectivity index (χ1n) is 26.1. The minimum atomic E-state index is -1.26. The van der Waals surface area contributed by atoms with Crippen LogP contribution in [-0.4, -0.2) is 148 Å². The van der Waals surface area contributed by atoms with Gasteiger partial charge in [-0.2, -0.15) is 9.97 Å². The molecule has 432 valence electrons. The number of nitrogens with two attached hydrogens (primary N) is 1. The van der Waals surface area contributed by atoms with Crippen LogP contribution in [0.1, 0.15) is 93.4 Å². The predicted octanol–water partition coefficient (Wildman–Crippen LogP) is 6.27. The second-order valence-electron chi connectivity index (χ2n) is 19.2. The van der Waals surface area contributed by atoms with Crippen LogP contribution in [0.25, 0.3) is 22.3 Å². The Morgan fingerprint density at radius 3 is 1.73 bits per heavy atom. The number of aromatic nitrogens is 8. The van der Waals surface area contributed by atoms with Gasteiger partial charge < -0.3 is 59.8 Å². The summed E-state index contributed by atoms with van der Waals surface area (Å²) in [5.41, 5.74) is 7.35. The number of nitrogens with one attached hydrogen (secondary N) is 1. The van der Waals surface area contributed by atoms with Crippen LogP contribution >= 0.6 is 0 Å². The smallest absolute Gasteiger partial charge is 0.459 e. The molecule has 0 bridgehead atoms. The minimum absolute atomic E-state index is 0. The van der Waals surface area contributed by atoms with E-state index in [1.165, 1.54) is 68.6 Å². The van der Waals surface area contributed by atoms with E-state index in [4.69, 9.17) is 34.2 Å². The number of esters is 2. The highest BCUT2D eigenvalue weighted by atomic mass is 16.6. The van der Waals surface area contributed by atoms with Crippen LogP contribution in [0.2, 0.25) is 0 Å². The molecule has 1 aliphatic carbocycles. The molecule has 6 heterocycles. The number of rotatable bonds is 16. The molecule has 0 spiro atoms. The Hall–Kier alpha value is -9.18. The monoisotopic (exact) mass is 1140 g/mol. The van der Waals surface area contributed by atoms with Crippen molar-refractivity contribution in [1.29, 1.82) is 0 Å². The first-order chi connectivity index (χ1) is 39.9. The average molecular weight is 1140 g/mol. The fourth-order valence-corrected chi connectivity index (χ4v) is 10.0. The largest absolute Gasteiger partial charge is 0.473 e. The van der Waals surface area contributed by atoms with Crippen LogP contribution in [0.3, 0.4) is 0 Å². The maximum Gasteiger partial charge on any atom is 0.473 e. The van der Waals surface area contributed by atoms with Crippen LogP contribution in [-0.2, 0) is 28.4 Å². The van der Waals surface area contributed by atoms with Crippen molar-refractivity contribution < 1.29 is 62.7 Å². The zero-order valence-corrected chi connectivity index (χ0v) is 44.2. The van der Waals surface area contributed by atoms with E-state index in [-0.39, 0.29) is 53.3 Å². The number of fused-ring (bicyclic) bond motifs is 2. The summed E-state index contributed by atoms with van der Waals surface area (Å²) in [6.45, 7) is -0.704. The first kappa shape index (κ1) is 58.5. The molecule has 26 nitrogen and oxygen atoms in total. The van der Waals surface area contributed by atoms with Crippen molar-refractivity contribution in [2.45, 2.75) is 94.7 Å². The summed E-state index contributed by atoms with van der Waals surface area (Å²) in [5.74, 6) is -3.74. The first-order valence-corrected chi connectivity index (χ1v) is 26.1. The number of carbonyl (C=O) groups is 4. The molecule has 4 aromatic carbocycles. The molecule has 0 unspecified atom stereocenters. The Kier molecular flexibility index (Phi) is 18.4. The topological polar surface area (TPSA) is 336 Å². The number of hydrogen-bond donors (Lipinski definition) is 4. The van der Waals surface area contributed by atoms with E-state index in [9.17, 15) is 39.5 Å². The number of nitrogen functional groups attached to an aromatic ring is 1. The fraction of sp³-hybridized carbons (Fsp3) is 0.333. The number of benzene rings is 4. The number of amides is 2. The third kappa shape index (κ3) is 12.4. The van der Waals surface area contributed by atoms with Crippen molar-refractivity contribution in [2.24, 2.45) is 0 Å². The van der Waals surface area contributed by atoms with Crippen LogP contribution in [0.5, 0.6) is 0 Å². The number of nitro groups is 1. The lowest BCUT2D eigenvalue weighted by atomic mass is 9.96. The number of aliphatic hydroxyl groups excluding tert-OH is 2. The average Bonchev–Trinajstić information content (AvgIpc) is 3.37. The number of nitrogens with zero attached hydrogens (tertiary/aromatic N) is 10. The van der Waals surface area contributed by atoms with Crippen molar-refractivity contribution in [3.8, 4) is 0 Å². The molecule has 8 aromatic rings. The standard InChI is InChI=1S/C39H30N6O10.C17H26N6O4.CH4/c1-52-31-30(55-38(49)27-20-12-5-13-21-27)28(22-53-37(48)26-18-10-4-11-19-26)54-36(31)43-23-40-29-32(43)41-39(45(50)51)42-33(29)44(34(46)24-14-6-2-7-15-24)35(47)25-16-8-3-9-17-25;1-26-13-12(25)10(7-24)27-16(13)23-8-19-11-14(18)21-17(22-15(11)23)20-9-5-3-2-4-6-9;/h2-21,23,28,30-31,36H,22H2,1H3;8-10,12-13,16,24-25H,2-7H2,1H3,(H3,18,20,21,22);1H4/t28-,30-,31-,36-;10-,12-,13-,16-;/m11./s1. The normalized spacial score (nSPS) is 21.3. The third-order valence-corrected chi connectivity index (χ3v) is 14.1. The maximum atomic E-state index is 14.1. The highest BCUT2D eigenvalue weighted by Crippen LogP contribution is 2.39. The number of anilines is 3. The second-order valence-corrected chi connectivity index (χ2v) is 19.2. The summed E-state index contributed by atoms with van der Waals surface area (Å²) in [4.78, 5) is 92.4. The molecule has 8 atom stereocenters. The summed E-state index contributed by atoms with van der Waals surface area (Å²) in [7, 11) is 2.83. The van der Waals surface area contributed by atoms with Gasteiger partial charge in [-0.15, -0.1) is 0 Å². The van der Waals surface area contributed by atoms with Crippen LogP contribution in [0.4, 0.5) is 23.5 Å². The van der Waals surface area contributed by atoms with Crippen molar-refractivity contribution >= 4 is 69.6 Å². The van der Waals surface area contributed by atoms with Gasteiger partial charge in [0.25, 0.3) is 17.6 Å². The van der Waals surface area contributed by atoms with Crippen molar-refractivity contribution in [2.75, 3.05) is 43.4 Å². The quantitative estimate of drug-likeness (QED) is 0.0358. The molecule has 11 rings (SSSR count). The molecule has 0 radical (unpaired) electrons. The molecule has 26 heteroatoms. The van der Waals surface area contributed by atoms with Gasteiger partial charge in [-0.05, 0) is 76.3 Å². The molecule has 3 fully saturated rings. The molecule has 83 heavy (non-hydrogen) atoms. The number of aliphatic hydroxyl groups is 2. The van der Waals surface area contributed by atoms with E-state index in [2.05, 4.69) is 35.2 Å². The van der Waals surface area contributed by atoms with E-state index >= 15 is 0 Å². The number of carbonyl (C=O) groups excluding carboxylic acids is 4. The molecule has 2 aliphatic heterocycles. The summed E-state index contributed by atoms with van der Waals surface area (Å²) < 4.78 is 37.8. The zero-order chi connectivity index (χ0) is 57.4. The number of imidazole rings is 2. The predicted molar refractivity (Wildman–Crippen MR) is 298 cm³/mol. The molecule has 4 aromatic heterocycles. The second kappa shape index (κ2) is 26.2. The SMILES string of the molecule is C.CO[C@@H]1[C@H](O)[C@@H](CO)O[C@H]1n1cnc2c(N)nc(NC3CCCCC3)nc21.CO[C@@H]1[C@H](OC(=O)c2ccccc2)[C@@H](COC(=O)c2ccccc2)O[C@H]1n1cnc2c(N(C(=O)c3ccccc3)C(=O)c3ccccc3)nc([N+](=O)[O-])nc21.